The van der Waals surface area contributed by atoms with Crippen LogP contribution in [-0.4, -0.2) is 16.8 Å². The highest BCUT2D eigenvalue weighted by Crippen LogP contribution is 2.27. The van der Waals surface area contributed by atoms with E-state index in [1.54, 1.807) is 36.5 Å². The summed E-state index contributed by atoms with van der Waals surface area (Å²) in [6, 6.07) is 11.3. The van der Waals surface area contributed by atoms with Crippen LogP contribution < -0.4 is 10.6 Å². The Labute approximate surface area is 125 Å². The summed E-state index contributed by atoms with van der Waals surface area (Å²) in [5.41, 5.74) is 1.19. The van der Waals surface area contributed by atoms with E-state index in [1.165, 1.54) is 6.07 Å². The monoisotopic (exact) mass is 309 g/mol. The second-order valence-electron chi connectivity index (χ2n) is 4.04. The van der Waals surface area contributed by atoms with Crippen molar-refractivity contribution < 1.29 is 13.6 Å². The molecule has 0 spiro atoms. The van der Waals surface area contributed by atoms with Crippen LogP contribution in [0.5, 0.6) is 0 Å². The van der Waals surface area contributed by atoms with E-state index in [4.69, 9.17) is 0 Å². The first-order valence-corrected chi connectivity index (χ1v) is 7.01. The lowest BCUT2D eigenvalue weighted by atomic mass is 10.3. The molecule has 0 radical (unpaired) electrons. The Hall–Kier alpha value is -2.15. The molecule has 0 atom stereocenters. The Bertz CT molecular complexity index is 596. The van der Waals surface area contributed by atoms with Crippen LogP contribution in [0.4, 0.5) is 19.3 Å². The SMILES string of the molecule is O=C(NCc1ccccn1)Nc1cccc(SC(F)F)c1. The number of benzene rings is 1. The summed E-state index contributed by atoms with van der Waals surface area (Å²) in [6.45, 7) is 0.290. The van der Waals surface area contributed by atoms with E-state index in [9.17, 15) is 13.6 Å². The average Bonchev–Trinajstić information content (AvgIpc) is 2.46. The Morgan fingerprint density at radius 2 is 2.10 bits per heavy atom. The zero-order chi connectivity index (χ0) is 15.1. The maximum atomic E-state index is 12.3. The molecule has 4 nitrogen and oxygen atoms in total. The molecule has 0 aliphatic heterocycles. The van der Waals surface area contributed by atoms with Crippen LogP contribution in [0, 0.1) is 0 Å². The Morgan fingerprint density at radius 1 is 1.24 bits per heavy atom. The minimum Gasteiger partial charge on any atom is -0.332 e. The smallest absolute Gasteiger partial charge is 0.319 e. The number of hydrogen-bond acceptors (Lipinski definition) is 3. The molecular formula is C14H13F2N3OS. The molecule has 2 amide bonds. The number of alkyl halides is 2. The first kappa shape index (κ1) is 15.2. The summed E-state index contributed by atoms with van der Waals surface area (Å²) < 4.78 is 24.6. The van der Waals surface area contributed by atoms with Crippen molar-refractivity contribution in [2.24, 2.45) is 0 Å². The minimum absolute atomic E-state index is 0.290. The van der Waals surface area contributed by atoms with Gasteiger partial charge in [0.1, 0.15) is 0 Å². The zero-order valence-electron chi connectivity index (χ0n) is 10.9. The zero-order valence-corrected chi connectivity index (χ0v) is 11.7. The lowest BCUT2D eigenvalue weighted by Crippen LogP contribution is -2.28. The van der Waals surface area contributed by atoms with Crippen molar-refractivity contribution >= 4 is 23.5 Å². The van der Waals surface area contributed by atoms with Gasteiger partial charge >= 0.3 is 6.03 Å². The molecule has 0 aliphatic carbocycles. The Balaban J connectivity index is 1.87. The first-order chi connectivity index (χ1) is 10.1. The molecule has 0 aliphatic rings. The summed E-state index contributed by atoms with van der Waals surface area (Å²) in [4.78, 5) is 16.2. The van der Waals surface area contributed by atoms with E-state index in [0.29, 0.717) is 22.3 Å². The topological polar surface area (TPSA) is 54.0 Å². The number of pyridine rings is 1. The van der Waals surface area contributed by atoms with E-state index in [-0.39, 0.29) is 6.54 Å². The largest absolute Gasteiger partial charge is 0.332 e. The number of amides is 2. The highest BCUT2D eigenvalue weighted by molar-refractivity contribution is 7.99. The molecule has 1 aromatic heterocycles. The highest BCUT2D eigenvalue weighted by Gasteiger charge is 2.07. The number of halogens is 2. The van der Waals surface area contributed by atoms with E-state index in [1.807, 2.05) is 6.07 Å². The van der Waals surface area contributed by atoms with Gasteiger partial charge in [-0.2, -0.15) is 8.78 Å². The molecule has 21 heavy (non-hydrogen) atoms. The van der Waals surface area contributed by atoms with Crippen molar-refractivity contribution in [2.45, 2.75) is 17.2 Å². The maximum absolute atomic E-state index is 12.3. The second-order valence-corrected chi connectivity index (χ2v) is 5.10. The third-order valence-corrected chi connectivity index (χ3v) is 3.18. The molecule has 0 unspecified atom stereocenters. The average molecular weight is 309 g/mol. The predicted molar refractivity (Wildman–Crippen MR) is 78.4 cm³/mol. The fourth-order valence-corrected chi connectivity index (χ4v) is 2.16. The second kappa shape index (κ2) is 7.58. The quantitative estimate of drug-likeness (QED) is 0.828. The molecule has 2 rings (SSSR count). The fraction of sp³-hybridized carbons (Fsp3) is 0.143. The standard InChI is InChI=1S/C14H13F2N3OS/c15-13(16)21-12-6-3-5-10(8-12)19-14(20)18-9-11-4-1-2-7-17-11/h1-8,13H,9H2,(H2,18,19,20). The summed E-state index contributed by atoms with van der Waals surface area (Å²) in [6.07, 6.45) is 1.64. The van der Waals surface area contributed by atoms with Gasteiger partial charge in [0, 0.05) is 16.8 Å². The summed E-state index contributed by atoms with van der Waals surface area (Å²) in [5.74, 6) is -2.49. The third kappa shape index (κ3) is 5.39. The number of nitrogens with one attached hydrogen (secondary N) is 2. The summed E-state index contributed by atoms with van der Waals surface area (Å²) >= 11 is 0.435. The predicted octanol–water partition coefficient (Wildman–Crippen LogP) is 3.72. The van der Waals surface area contributed by atoms with Crippen LogP contribution in [0.25, 0.3) is 0 Å². The van der Waals surface area contributed by atoms with Crippen molar-refractivity contribution in [3.8, 4) is 0 Å². The van der Waals surface area contributed by atoms with E-state index >= 15 is 0 Å². The number of urea groups is 1. The Kier molecular flexibility index (Phi) is 5.51. The van der Waals surface area contributed by atoms with Gasteiger partial charge in [-0.25, -0.2) is 4.79 Å². The van der Waals surface area contributed by atoms with Crippen molar-refractivity contribution in [3.63, 3.8) is 0 Å². The number of carbonyl (C=O) groups is 1. The minimum atomic E-state index is -2.49. The summed E-state index contributed by atoms with van der Waals surface area (Å²) in [7, 11) is 0. The van der Waals surface area contributed by atoms with E-state index in [0.717, 1.165) is 5.69 Å². The number of anilines is 1. The van der Waals surface area contributed by atoms with Gasteiger partial charge in [0.05, 0.1) is 12.2 Å². The van der Waals surface area contributed by atoms with Crippen LogP contribution in [-0.2, 0) is 6.54 Å². The van der Waals surface area contributed by atoms with Gasteiger partial charge in [0.2, 0.25) is 0 Å². The van der Waals surface area contributed by atoms with Gasteiger partial charge in [0.25, 0.3) is 5.76 Å². The van der Waals surface area contributed by atoms with Gasteiger partial charge in [-0.1, -0.05) is 23.9 Å². The van der Waals surface area contributed by atoms with E-state index < -0.39 is 11.8 Å². The number of carbonyl (C=O) groups excluding carboxylic acids is 1. The van der Waals surface area contributed by atoms with Gasteiger partial charge in [-0.3, -0.25) is 4.98 Å². The van der Waals surface area contributed by atoms with Crippen LogP contribution >= 0.6 is 11.8 Å². The lowest BCUT2D eigenvalue weighted by molar-refractivity contribution is 0.251. The molecule has 2 aromatic rings. The van der Waals surface area contributed by atoms with Crippen LogP contribution in [0.2, 0.25) is 0 Å². The first-order valence-electron chi connectivity index (χ1n) is 6.13. The van der Waals surface area contributed by atoms with E-state index in [2.05, 4.69) is 15.6 Å². The number of aromatic nitrogens is 1. The summed E-state index contributed by atoms with van der Waals surface area (Å²) in [5, 5.41) is 5.23. The Morgan fingerprint density at radius 3 is 2.81 bits per heavy atom. The molecular weight excluding hydrogens is 296 g/mol. The van der Waals surface area contributed by atoms with Crippen molar-refractivity contribution in [3.05, 3.63) is 54.4 Å². The molecule has 7 heteroatoms. The maximum Gasteiger partial charge on any atom is 0.319 e. The van der Waals surface area contributed by atoms with Gasteiger partial charge < -0.3 is 10.6 Å². The van der Waals surface area contributed by atoms with Crippen LogP contribution in [0.3, 0.4) is 0 Å². The number of nitrogens with zero attached hydrogens (tertiary/aromatic N) is 1. The van der Waals surface area contributed by atoms with Crippen molar-refractivity contribution in [2.75, 3.05) is 5.32 Å². The fourth-order valence-electron chi connectivity index (χ4n) is 1.60. The molecule has 0 saturated heterocycles. The van der Waals surface area contributed by atoms with Crippen LogP contribution in [0.1, 0.15) is 5.69 Å². The number of rotatable bonds is 5. The highest BCUT2D eigenvalue weighted by atomic mass is 32.2. The molecule has 0 fully saturated rings. The number of hydrogen-bond donors (Lipinski definition) is 2. The van der Waals surface area contributed by atoms with Crippen molar-refractivity contribution in [1.82, 2.24) is 10.3 Å². The van der Waals surface area contributed by atoms with Gasteiger partial charge in [-0.15, -0.1) is 0 Å². The van der Waals surface area contributed by atoms with Gasteiger partial charge in [-0.05, 0) is 30.3 Å². The molecule has 2 N–H and O–H groups in total. The molecule has 1 heterocycles. The van der Waals surface area contributed by atoms with Gasteiger partial charge in [0.15, 0.2) is 0 Å². The lowest BCUT2D eigenvalue weighted by Gasteiger charge is -2.08. The molecule has 110 valence electrons. The van der Waals surface area contributed by atoms with Crippen LogP contribution in [0.15, 0.2) is 53.6 Å². The number of thioether (sulfide) groups is 1. The van der Waals surface area contributed by atoms with Crippen molar-refractivity contribution in [1.29, 1.82) is 0 Å². The molecule has 1 aromatic carbocycles. The normalized spacial score (nSPS) is 10.4. The third-order valence-electron chi connectivity index (χ3n) is 2.47. The molecule has 0 saturated carbocycles. The molecule has 0 bridgehead atoms.